The highest BCUT2D eigenvalue weighted by atomic mass is 16.4. The first-order valence-electron chi connectivity index (χ1n) is 7.08. The molecule has 0 spiro atoms. The second kappa shape index (κ2) is 4.63. The molecule has 0 saturated heterocycles. The zero-order valence-electron chi connectivity index (χ0n) is 12.2. The van der Waals surface area contributed by atoms with Crippen molar-refractivity contribution in [2.75, 3.05) is 14.1 Å². The van der Waals surface area contributed by atoms with E-state index in [1.807, 2.05) is 13.0 Å². The van der Waals surface area contributed by atoms with Gasteiger partial charge in [0.25, 0.3) is 0 Å². The van der Waals surface area contributed by atoms with Crippen LogP contribution in [0.15, 0.2) is 15.3 Å². The van der Waals surface area contributed by atoms with Crippen molar-refractivity contribution in [1.82, 2.24) is 0 Å². The predicted octanol–water partition coefficient (Wildman–Crippen LogP) is 0.940. The van der Waals surface area contributed by atoms with Crippen LogP contribution in [0.1, 0.15) is 28.7 Å². The first kappa shape index (κ1) is 13.2. The highest BCUT2D eigenvalue weighted by Crippen LogP contribution is 2.34. The summed E-state index contributed by atoms with van der Waals surface area (Å²) in [6.45, 7) is 2.56. The Kier molecular flexibility index (Phi) is 3.05. The highest BCUT2D eigenvalue weighted by molar-refractivity contribution is 5.87. The van der Waals surface area contributed by atoms with Gasteiger partial charge in [0, 0.05) is 22.1 Å². The fourth-order valence-corrected chi connectivity index (χ4v) is 3.15. The van der Waals surface area contributed by atoms with Crippen LogP contribution >= 0.6 is 0 Å². The number of quaternary nitrogens is 1. The van der Waals surface area contributed by atoms with E-state index in [1.165, 1.54) is 4.90 Å². The summed E-state index contributed by atoms with van der Waals surface area (Å²) in [6.07, 6.45) is 2.74. The van der Waals surface area contributed by atoms with Gasteiger partial charge < -0.3 is 14.4 Å². The molecule has 0 amide bonds. The van der Waals surface area contributed by atoms with Crippen molar-refractivity contribution in [3.8, 4) is 5.75 Å². The molecular formula is C16H20NO3+. The van der Waals surface area contributed by atoms with Gasteiger partial charge in [0.2, 0.25) is 0 Å². The number of aromatic hydroxyl groups is 1. The van der Waals surface area contributed by atoms with E-state index in [2.05, 4.69) is 14.1 Å². The number of benzene rings is 1. The Balaban J connectivity index is 2.35. The molecule has 106 valence electrons. The molecule has 0 aliphatic heterocycles. The summed E-state index contributed by atoms with van der Waals surface area (Å²) in [7, 11) is 4.10. The quantitative estimate of drug-likeness (QED) is 0.801. The molecule has 1 aromatic heterocycles. The minimum atomic E-state index is -0.238. The molecule has 1 aliphatic rings. The van der Waals surface area contributed by atoms with Crippen LogP contribution in [0.5, 0.6) is 5.75 Å². The van der Waals surface area contributed by atoms with E-state index >= 15 is 0 Å². The molecule has 4 nitrogen and oxygen atoms in total. The largest absolute Gasteiger partial charge is 0.507 e. The van der Waals surface area contributed by atoms with Gasteiger partial charge in [-0.2, -0.15) is 0 Å². The van der Waals surface area contributed by atoms with Crippen molar-refractivity contribution in [2.24, 2.45) is 0 Å². The number of phenolic OH excluding ortho intramolecular Hbond substituents is 1. The maximum Gasteiger partial charge on any atom is 0.339 e. The van der Waals surface area contributed by atoms with Crippen LogP contribution < -0.4 is 10.5 Å². The lowest BCUT2D eigenvalue weighted by Gasteiger charge is -2.14. The second-order valence-electron chi connectivity index (χ2n) is 5.97. The minimum absolute atomic E-state index is 0.238. The van der Waals surface area contributed by atoms with Gasteiger partial charge in [-0.05, 0) is 37.8 Å². The van der Waals surface area contributed by atoms with Crippen LogP contribution in [-0.2, 0) is 19.4 Å². The van der Waals surface area contributed by atoms with E-state index in [1.54, 1.807) is 0 Å². The molecule has 0 saturated carbocycles. The van der Waals surface area contributed by atoms with Crippen LogP contribution in [-0.4, -0.2) is 19.2 Å². The summed E-state index contributed by atoms with van der Waals surface area (Å²) >= 11 is 0. The maximum atomic E-state index is 12.0. The summed E-state index contributed by atoms with van der Waals surface area (Å²) < 4.78 is 5.45. The molecule has 1 aliphatic carbocycles. The normalized spacial score (nSPS) is 14.2. The molecular weight excluding hydrogens is 254 g/mol. The molecule has 0 fully saturated rings. The van der Waals surface area contributed by atoms with Gasteiger partial charge >= 0.3 is 5.63 Å². The second-order valence-corrected chi connectivity index (χ2v) is 5.97. The Morgan fingerprint density at radius 2 is 2.00 bits per heavy atom. The third kappa shape index (κ3) is 1.91. The van der Waals surface area contributed by atoms with E-state index in [9.17, 15) is 9.90 Å². The van der Waals surface area contributed by atoms with Crippen LogP contribution in [0.2, 0.25) is 0 Å². The van der Waals surface area contributed by atoms with Crippen LogP contribution in [0.4, 0.5) is 0 Å². The Hall–Kier alpha value is -1.81. The van der Waals surface area contributed by atoms with Crippen LogP contribution in [0, 0.1) is 6.92 Å². The first-order valence-corrected chi connectivity index (χ1v) is 7.08. The van der Waals surface area contributed by atoms with Gasteiger partial charge in [-0.25, -0.2) is 4.79 Å². The molecule has 0 unspecified atom stereocenters. The summed E-state index contributed by atoms with van der Waals surface area (Å²) in [5.74, 6) is 0.250. The van der Waals surface area contributed by atoms with E-state index in [0.717, 1.165) is 47.9 Å². The Bertz CT molecular complexity index is 744. The lowest BCUT2D eigenvalue weighted by Crippen LogP contribution is -3.04. The third-order valence-corrected chi connectivity index (χ3v) is 4.09. The van der Waals surface area contributed by atoms with Gasteiger partial charge in [-0.15, -0.1) is 0 Å². The van der Waals surface area contributed by atoms with Gasteiger partial charge in [0.05, 0.1) is 14.1 Å². The van der Waals surface area contributed by atoms with E-state index in [4.69, 9.17) is 4.42 Å². The zero-order chi connectivity index (χ0) is 14.4. The van der Waals surface area contributed by atoms with Crippen molar-refractivity contribution >= 4 is 11.0 Å². The Labute approximate surface area is 117 Å². The molecule has 3 rings (SSSR count). The number of nitrogens with one attached hydrogen (secondary N) is 1. The molecule has 0 radical (unpaired) electrons. The molecule has 1 heterocycles. The number of rotatable bonds is 2. The number of fused-ring (bicyclic) bond motifs is 3. The summed E-state index contributed by atoms with van der Waals surface area (Å²) in [5, 5.41) is 11.3. The summed E-state index contributed by atoms with van der Waals surface area (Å²) in [4.78, 5) is 13.2. The maximum absolute atomic E-state index is 12.0. The average molecular weight is 274 g/mol. The fraction of sp³-hybridized carbons (Fsp3) is 0.438. The molecule has 0 bridgehead atoms. The van der Waals surface area contributed by atoms with E-state index < -0.39 is 0 Å². The number of phenols is 1. The molecule has 20 heavy (non-hydrogen) atoms. The molecule has 1 aromatic carbocycles. The Morgan fingerprint density at radius 3 is 2.70 bits per heavy atom. The van der Waals surface area contributed by atoms with Crippen molar-refractivity contribution in [1.29, 1.82) is 0 Å². The average Bonchev–Trinajstić information content (AvgIpc) is 2.87. The molecule has 0 atom stereocenters. The van der Waals surface area contributed by atoms with Gasteiger partial charge in [0.1, 0.15) is 17.9 Å². The lowest BCUT2D eigenvalue weighted by molar-refractivity contribution is -0.872. The third-order valence-electron chi connectivity index (χ3n) is 4.09. The van der Waals surface area contributed by atoms with Crippen LogP contribution in [0.25, 0.3) is 11.0 Å². The minimum Gasteiger partial charge on any atom is -0.507 e. The number of aryl methyl sites for hydroxylation is 2. The zero-order valence-corrected chi connectivity index (χ0v) is 12.2. The van der Waals surface area contributed by atoms with Crippen LogP contribution in [0.3, 0.4) is 0 Å². The van der Waals surface area contributed by atoms with Crippen molar-refractivity contribution in [2.45, 2.75) is 32.7 Å². The van der Waals surface area contributed by atoms with Gasteiger partial charge in [-0.1, -0.05) is 0 Å². The molecule has 2 N–H and O–H groups in total. The fourth-order valence-electron chi connectivity index (χ4n) is 3.15. The monoisotopic (exact) mass is 274 g/mol. The van der Waals surface area contributed by atoms with E-state index in [0.29, 0.717) is 11.1 Å². The Morgan fingerprint density at radius 1 is 1.30 bits per heavy atom. The smallest absolute Gasteiger partial charge is 0.339 e. The number of hydrogen-bond acceptors (Lipinski definition) is 3. The van der Waals surface area contributed by atoms with E-state index in [-0.39, 0.29) is 11.4 Å². The standard InChI is InChI=1S/C16H19NO3/c1-9-14(18)10(8-17(2)3)7-13-11-5-4-6-12(11)16(19)20-15(9)13/h7,18H,4-6,8H2,1-3H3/p+1. The predicted molar refractivity (Wildman–Crippen MR) is 77.4 cm³/mol. The van der Waals surface area contributed by atoms with Crippen molar-refractivity contribution in [3.05, 3.63) is 38.7 Å². The molecule has 2 aromatic rings. The summed E-state index contributed by atoms with van der Waals surface area (Å²) in [6, 6.07) is 2.00. The number of hydrogen-bond donors (Lipinski definition) is 2. The van der Waals surface area contributed by atoms with Crippen molar-refractivity contribution < 1.29 is 14.4 Å². The first-order chi connectivity index (χ1) is 9.49. The summed E-state index contributed by atoms with van der Waals surface area (Å²) in [5.41, 5.74) is 3.84. The van der Waals surface area contributed by atoms with Crippen molar-refractivity contribution in [3.63, 3.8) is 0 Å². The van der Waals surface area contributed by atoms with Gasteiger partial charge in [-0.3, -0.25) is 0 Å². The topological polar surface area (TPSA) is 54.9 Å². The molecule has 4 heteroatoms. The van der Waals surface area contributed by atoms with Gasteiger partial charge in [0.15, 0.2) is 0 Å². The highest BCUT2D eigenvalue weighted by Gasteiger charge is 2.23. The SMILES string of the molecule is Cc1c(O)c(C[NH+](C)C)cc2c3c(c(=O)oc12)CCC3. The lowest BCUT2D eigenvalue weighted by atomic mass is 10.00.